The SMILES string of the molecule is Nc1ncc(-c2cc(C3CC4CCC(C3)C4N3CCCC3)n(CC(F)F)n2)cc1C(F)(F)F. The third kappa shape index (κ3) is 4.34. The molecular formula is C23H28F5N5. The molecule has 3 fully saturated rings. The summed E-state index contributed by atoms with van der Waals surface area (Å²) in [6, 6.07) is 3.15. The molecule has 180 valence electrons. The Morgan fingerprint density at radius 3 is 2.33 bits per heavy atom. The van der Waals surface area contributed by atoms with Gasteiger partial charge in [0.25, 0.3) is 6.43 Å². The van der Waals surface area contributed by atoms with Gasteiger partial charge in [0.1, 0.15) is 12.4 Å². The average molecular weight is 470 g/mol. The largest absolute Gasteiger partial charge is 0.419 e. The molecule has 2 unspecified atom stereocenters. The van der Waals surface area contributed by atoms with E-state index in [2.05, 4.69) is 15.0 Å². The lowest BCUT2D eigenvalue weighted by atomic mass is 9.75. The van der Waals surface area contributed by atoms with Gasteiger partial charge in [0.2, 0.25) is 0 Å². The van der Waals surface area contributed by atoms with Crippen LogP contribution in [0.15, 0.2) is 18.3 Å². The van der Waals surface area contributed by atoms with Crippen molar-refractivity contribution in [3.05, 3.63) is 29.6 Å². The summed E-state index contributed by atoms with van der Waals surface area (Å²) in [5.74, 6) is 0.515. The molecule has 2 atom stereocenters. The van der Waals surface area contributed by atoms with Gasteiger partial charge in [-0.1, -0.05) is 0 Å². The third-order valence-corrected chi connectivity index (χ3v) is 7.67. The molecule has 0 aromatic carbocycles. The van der Waals surface area contributed by atoms with Crippen molar-refractivity contribution in [3.8, 4) is 11.3 Å². The van der Waals surface area contributed by atoms with E-state index < -0.39 is 30.5 Å². The van der Waals surface area contributed by atoms with E-state index in [4.69, 9.17) is 5.73 Å². The molecule has 0 spiro atoms. The fraction of sp³-hybridized carbons (Fsp3) is 0.652. The van der Waals surface area contributed by atoms with Crippen LogP contribution in [0.3, 0.4) is 0 Å². The number of alkyl halides is 5. The van der Waals surface area contributed by atoms with E-state index in [1.807, 2.05) is 0 Å². The van der Waals surface area contributed by atoms with Crippen LogP contribution in [0, 0.1) is 11.8 Å². The number of nitrogens with zero attached hydrogens (tertiary/aromatic N) is 4. The van der Waals surface area contributed by atoms with Gasteiger partial charge in [-0.3, -0.25) is 9.58 Å². The van der Waals surface area contributed by atoms with E-state index in [-0.39, 0.29) is 17.2 Å². The van der Waals surface area contributed by atoms with Crippen LogP contribution in [-0.2, 0) is 12.7 Å². The highest BCUT2D eigenvalue weighted by molar-refractivity contribution is 5.62. The molecule has 2 saturated carbocycles. The number of anilines is 1. The Morgan fingerprint density at radius 1 is 1.06 bits per heavy atom. The van der Waals surface area contributed by atoms with Crippen LogP contribution in [-0.4, -0.2) is 45.2 Å². The maximum Gasteiger partial charge on any atom is 0.419 e. The zero-order valence-corrected chi connectivity index (χ0v) is 18.2. The minimum Gasteiger partial charge on any atom is -0.383 e. The molecule has 2 bridgehead atoms. The summed E-state index contributed by atoms with van der Waals surface area (Å²) < 4.78 is 67.9. The molecule has 2 aromatic heterocycles. The Morgan fingerprint density at radius 2 is 1.73 bits per heavy atom. The zero-order chi connectivity index (χ0) is 23.3. The van der Waals surface area contributed by atoms with Crippen molar-refractivity contribution < 1.29 is 22.0 Å². The molecular weight excluding hydrogens is 441 g/mol. The Kier molecular flexibility index (Phi) is 5.83. The number of pyridine rings is 1. The van der Waals surface area contributed by atoms with Crippen LogP contribution < -0.4 is 5.73 Å². The third-order valence-electron chi connectivity index (χ3n) is 7.67. The first-order chi connectivity index (χ1) is 15.7. The molecule has 1 saturated heterocycles. The van der Waals surface area contributed by atoms with Gasteiger partial charge < -0.3 is 5.73 Å². The van der Waals surface area contributed by atoms with E-state index in [9.17, 15) is 22.0 Å². The van der Waals surface area contributed by atoms with Crippen molar-refractivity contribution in [3.63, 3.8) is 0 Å². The van der Waals surface area contributed by atoms with Crippen molar-refractivity contribution in [2.45, 2.75) is 69.6 Å². The smallest absolute Gasteiger partial charge is 0.383 e. The number of hydrogen-bond donors (Lipinski definition) is 1. The van der Waals surface area contributed by atoms with Crippen molar-refractivity contribution in [1.82, 2.24) is 19.7 Å². The first-order valence-electron chi connectivity index (χ1n) is 11.6. The summed E-state index contributed by atoms with van der Waals surface area (Å²) in [6.45, 7) is 1.70. The molecule has 0 radical (unpaired) electrons. The molecule has 3 aliphatic rings. The fourth-order valence-corrected chi connectivity index (χ4v) is 6.39. The van der Waals surface area contributed by atoms with Gasteiger partial charge in [0.05, 0.1) is 11.3 Å². The van der Waals surface area contributed by atoms with Crippen molar-refractivity contribution in [2.24, 2.45) is 11.8 Å². The second-order valence-electron chi connectivity index (χ2n) is 9.68. The second kappa shape index (κ2) is 8.52. The van der Waals surface area contributed by atoms with Crippen LogP contribution in [0.4, 0.5) is 27.8 Å². The number of nitrogen functional groups attached to an aromatic ring is 1. The van der Waals surface area contributed by atoms with E-state index >= 15 is 0 Å². The van der Waals surface area contributed by atoms with Gasteiger partial charge in [0.15, 0.2) is 0 Å². The van der Waals surface area contributed by atoms with Crippen molar-refractivity contribution in [2.75, 3.05) is 18.8 Å². The first kappa shape index (κ1) is 22.6. The number of hydrogen-bond acceptors (Lipinski definition) is 4. The summed E-state index contributed by atoms with van der Waals surface area (Å²) in [6.07, 6.45) is 0.526. The standard InChI is InChI=1S/C23H28F5N5/c24-20(25)12-33-19(10-18(31-33)16-9-17(23(26,27)28)22(29)30-11-16)15-7-13-3-4-14(8-15)21(13)32-5-1-2-6-32/h9-11,13-15,20-21H,1-8,12H2,(H2,29,30). The van der Waals surface area contributed by atoms with E-state index in [1.165, 1.54) is 23.7 Å². The van der Waals surface area contributed by atoms with Gasteiger partial charge >= 0.3 is 6.18 Å². The molecule has 1 aliphatic heterocycles. The lowest BCUT2D eigenvalue weighted by molar-refractivity contribution is -0.137. The Labute approximate surface area is 189 Å². The van der Waals surface area contributed by atoms with E-state index in [0.29, 0.717) is 23.6 Å². The van der Waals surface area contributed by atoms with E-state index in [0.717, 1.165) is 44.8 Å². The molecule has 10 heteroatoms. The van der Waals surface area contributed by atoms with Gasteiger partial charge in [-0.15, -0.1) is 0 Å². The lowest BCUT2D eigenvalue weighted by Gasteiger charge is -2.40. The predicted octanol–water partition coefficient (Wildman–Crippen LogP) is 5.18. The lowest BCUT2D eigenvalue weighted by Crippen LogP contribution is -2.43. The molecule has 5 rings (SSSR count). The average Bonchev–Trinajstić information content (AvgIpc) is 3.45. The number of nitrogens with two attached hydrogens (primary N) is 1. The molecule has 0 amide bonds. The second-order valence-corrected chi connectivity index (χ2v) is 9.68. The van der Waals surface area contributed by atoms with Crippen LogP contribution in [0.2, 0.25) is 0 Å². The fourth-order valence-electron chi connectivity index (χ4n) is 6.39. The minimum absolute atomic E-state index is 0.0742. The van der Waals surface area contributed by atoms with Crippen LogP contribution in [0.5, 0.6) is 0 Å². The highest BCUT2D eigenvalue weighted by atomic mass is 19.4. The Hall–Kier alpha value is -2.23. The zero-order valence-electron chi connectivity index (χ0n) is 18.2. The topological polar surface area (TPSA) is 60.0 Å². The first-order valence-corrected chi connectivity index (χ1v) is 11.6. The maximum absolute atomic E-state index is 13.3. The normalized spacial score (nSPS) is 28.2. The number of rotatable bonds is 5. The monoisotopic (exact) mass is 469 g/mol. The molecule has 33 heavy (non-hydrogen) atoms. The maximum atomic E-state index is 13.3. The molecule has 3 heterocycles. The molecule has 2 aromatic rings. The van der Waals surface area contributed by atoms with Gasteiger partial charge in [-0.25, -0.2) is 13.8 Å². The summed E-state index contributed by atoms with van der Waals surface area (Å²) in [5, 5.41) is 4.29. The minimum atomic E-state index is -4.66. The molecule has 2 N–H and O–H groups in total. The van der Waals surface area contributed by atoms with Crippen LogP contribution >= 0.6 is 0 Å². The number of likely N-dealkylation sites (tertiary alicyclic amines) is 1. The predicted molar refractivity (Wildman–Crippen MR) is 114 cm³/mol. The Balaban J connectivity index is 1.45. The highest BCUT2D eigenvalue weighted by Gasteiger charge is 2.46. The van der Waals surface area contributed by atoms with Crippen molar-refractivity contribution in [1.29, 1.82) is 0 Å². The number of aromatic nitrogens is 3. The summed E-state index contributed by atoms with van der Waals surface area (Å²) in [5.41, 5.74) is 5.40. The van der Waals surface area contributed by atoms with Gasteiger partial charge in [-0.05, 0) is 75.6 Å². The van der Waals surface area contributed by atoms with Crippen molar-refractivity contribution >= 4 is 5.82 Å². The Bertz CT molecular complexity index is 984. The molecule has 2 aliphatic carbocycles. The van der Waals surface area contributed by atoms with Gasteiger partial charge in [-0.2, -0.15) is 18.3 Å². The van der Waals surface area contributed by atoms with Gasteiger partial charge in [0, 0.05) is 29.4 Å². The summed E-state index contributed by atoms with van der Waals surface area (Å²) >= 11 is 0. The van der Waals surface area contributed by atoms with Crippen LogP contribution in [0.25, 0.3) is 11.3 Å². The summed E-state index contributed by atoms with van der Waals surface area (Å²) in [4.78, 5) is 6.29. The summed E-state index contributed by atoms with van der Waals surface area (Å²) in [7, 11) is 0. The quantitative estimate of drug-likeness (QED) is 0.613. The van der Waals surface area contributed by atoms with Crippen LogP contribution in [0.1, 0.15) is 55.7 Å². The van der Waals surface area contributed by atoms with E-state index in [1.54, 1.807) is 6.07 Å². The number of halogens is 5. The molecule has 5 nitrogen and oxygen atoms in total. The highest BCUT2D eigenvalue weighted by Crippen LogP contribution is 2.51. The number of fused-ring (bicyclic) bond motifs is 2.